The molecule has 3 aromatic rings. The van der Waals surface area contributed by atoms with E-state index in [-0.39, 0.29) is 35.2 Å². The van der Waals surface area contributed by atoms with Crippen molar-refractivity contribution >= 4 is 17.4 Å². The van der Waals surface area contributed by atoms with Gasteiger partial charge >= 0.3 is 0 Å². The minimum absolute atomic E-state index is 0. The molecule has 0 radical (unpaired) electrons. The van der Waals surface area contributed by atoms with Crippen molar-refractivity contribution in [2.75, 3.05) is 12.4 Å². The summed E-state index contributed by atoms with van der Waals surface area (Å²) in [5, 5.41) is 2.78. The first-order valence-electron chi connectivity index (χ1n) is 8.47. The molecule has 1 heterocycles. The van der Waals surface area contributed by atoms with Crippen molar-refractivity contribution in [3.8, 4) is 17.0 Å². The van der Waals surface area contributed by atoms with Gasteiger partial charge in [0.2, 0.25) is 0 Å². The maximum Gasteiger partial charge on any atom is 0.287 e. The number of rotatable bonds is 6. The van der Waals surface area contributed by atoms with Crippen LogP contribution in [-0.2, 0) is 11.3 Å². The lowest BCUT2D eigenvalue weighted by atomic mass is 10.1. The average Bonchev–Trinajstić information content (AvgIpc) is 2.68. The van der Waals surface area contributed by atoms with Gasteiger partial charge in [-0.05, 0) is 36.2 Å². The van der Waals surface area contributed by atoms with E-state index in [2.05, 4.69) is 10.3 Å². The fraction of sp³-hybridized carbons (Fsp3) is 0.143. The zero-order valence-corrected chi connectivity index (χ0v) is 17.1. The molecule has 0 saturated carbocycles. The number of hydrogen-bond acceptors (Lipinski definition) is 4. The van der Waals surface area contributed by atoms with Crippen LogP contribution in [0.2, 0.25) is 0 Å². The number of methoxy groups -OCH3 is 1. The number of nitrogens with zero attached hydrogens (tertiary/aromatic N) is 2. The largest absolute Gasteiger partial charge is 1.00 e. The smallest absolute Gasteiger partial charge is 0.287 e. The third kappa shape index (κ3) is 5.01. The van der Waals surface area contributed by atoms with Crippen LogP contribution >= 0.6 is 0 Å². The Morgan fingerprint density at radius 2 is 1.79 bits per heavy atom. The lowest BCUT2D eigenvalue weighted by molar-refractivity contribution is -0.686. The first kappa shape index (κ1) is 21.2. The van der Waals surface area contributed by atoms with Crippen molar-refractivity contribution in [3.63, 3.8) is 0 Å². The van der Waals surface area contributed by atoms with Crippen molar-refractivity contribution in [3.05, 3.63) is 72.7 Å². The summed E-state index contributed by atoms with van der Waals surface area (Å²) in [7, 11) is 1.62. The highest BCUT2D eigenvalue weighted by molar-refractivity contribution is 6.03. The van der Waals surface area contributed by atoms with Gasteiger partial charge in [-0.3, -0.25) is 9.59 Å². The fourth-order valence-electron chi connectivity index (χ4n) is 2.75. The van der Waals surface area contributed by atoms with E-state index in [9.17, 15) is 9.59 Å². The van der Waals surface area contributed by atoms with Crippen LogP contribution in [0.4, 0.5) is 5.69 Å². The standard InChI is InChI=1S/C21H19N3O3.BrH/c1-15(25)16-7-3-5-9-19(16)23-21(26)13-24-12-11-18(22-14-24)17-8-4-6-10-20(17)27-2;/h3-12,14H,13H2,1-2H3;1H. The van der Waals surface area contributed by atoms with Crippen LogP contribution in [0.15, 0.2) is 67.1 Å². The van der Waals surface area contributed by atoms with E-state index in [0.717, 1.165) is 17.0 Å². The Morgan fingerprint density at radius 1 is 1.07 bits per heavy atom. The highest BCUT2D eigenvalue weighted by Gasteiger charge is 2.14. The second kappa shape index (κ2) is 9.75. The Kier molecular flexibility index (Phi) is 7.40. The van der Waals surface area contributed by atoms with Crippen molar-refractivity contribution in [2.24, 2.45) is 0 Å². The van der Waals surface area contributed by atoms with Crippen LogP contribution in [0.3, 0.4) is 0 Å². The highest BCUT2D eigenvalue weighted by atomic mass is 79.9. The van der Waals surface area contributed by atoms with E-state index in [0.29, 0.717) is 11.3 Å². The molecule has 0 saturated heterocycles. The van der Waals surface area contributed by atoms with E-state index in [1.165, 1.54) is 6.92 Å². The first-order valence-corrected chi connectivity index (χ1v) is 8.47. The van der Waals surface area contributed by atoms with E-state index in [1.807, 2.05) is 30.3 Å². The number of aromatic nitrogens is 2. The second-order valence-corrected chi connectivity index (χ2v) is 5.97. The Labute approximate surface area is 174 Å². The molecular weight excluding hydrogens is 422 g/mol. The number of halogens is 1. The molecule has 0 aliphatic heterocycles. The van der Waals surface area contributed by atoms with Gasteiger partial charge in [-0.25, -0.2) is 4.57 Å². The van der Waals surface area contributed by atoms with Gasteiger partial charge in [0.25, 0.3) is 12.2 Å². The summed E-state index contributed by atoms with van der Waals surface area (Å²) in [4.78, 5) is 28.4. The Balaban J connectivity index is 0.00000280. The minimum Gasteiger partial charge on any atom is -1.00 e. The maximum absolute atomic E-state index is 12.3. The number of benzene rings is 2. The quantitative estimate of drug-likeness (QED) is 0.427. The molecule has 3 rings (SSSR count). The summed E-state index contributed by atoms with van der Waals surface area (Å²) in [6.45, 7) is 1.56. The summed E-state index contributed by atoms with van der Waals surface area (Å²) in [6, 6.07) is 16.4. The maximum atomic E-state index is 12.3. The molecule has 1 aromatic heterocycles. The number of amides is 1. The summed E-state index contributed by atoms with van der Waals surface area (Å²) in [5.41, 5.74) is 2.63. The van der Waals surface area contributed by atoms with Crippen LogP contribution in [0.25, 0.3) is 11.3 Å². The third-order valence-electron chi connectivity index (χ3n) is 4.06. The molecule has 1 amide bonds. The molecule has 144 valence electrons. The van der Waals surface area contributed by atoms with Gasteiger partial charge in [0.05, 0.1) is 24.6 Å². The summed E-state index contributed by atoms with van der Waals surface area (Å²) < 4.78 is 7.02. The molecule has 0 atom stereocenters. The van der Waals surface area contributed by atoms with Gasteiger partial charge in [-0.15, -0.1) is 0 Å². The lowest BCUT2D eigenvalue weighted by Gasteiger charge is -2.08. The Morgan fingerprint density at radius 3 is 2.46 bits per heavy atom. The fourth-order valence-corrected chi connectivity index (χ4v) is 2.75. The van der Waals surface area contributed by atoms with Gasteiger partial charge in [0.15, 0.2) is 18.0 Å². The molecule has 0 bridgehead atoms. The van der Waals surface area contributed by atoms with Crippen LogP contribution < -0.4 is 31.6 Å². The molecule has 0 spiro atoms. The number of Topliss-reactive ketones (excluding diaryl/α,β-unsaturated/α-hetero) is 1. The predicted octanol–water partition coefficient (Wildman–Crippen LogP) is -0.110. The number of carbonyl (C=O) groups is 2. The molecule has 2 aromatic carbocycles. The molecule has 28 heavy (non-hydrogen) atoms. The van der Waals surface area contributed by atoms with Crippen molar-refractivity contribution in [1.29, 1.82) is 0 Å². The zero-order chi connectivity index (χ0) is 19.2. The van der Waals surface area contributed by atoms with Gasteiger partial charge in [0.1, 0.15) is 5.75 Å². The van der Waals surface area contributed by atoms with Gasteiger partial charge in [-0.1, -0.05) is 24.3 Å². The zero-order valence-electron chi connectivity index (χ0n) is 15.6. The first-order chi connectivity index (χ1) is 13.1. The molecule has 1 N–H and O–H groups in total. The summed E-state index contributed by atoms with van der Waals surface area (Å²) >= 11 is 0. The van der Waals surface area contributed by atoms with Crippen LogP contribution in [-0.4, -0.2) is 23.8 Å². The number of nitrogens with one attached hydrogen (secondary N) is 1. The monoisotopic (exact) mass is 441 g/mol. The molecule has 0 unspecified atom stereocenters. The Bertz CT molecular complexity index is 975. The van der Waals surface area contributed by atoms with Crippen LogP contribution in [0, 0.1) is 0 Å². The number of ketones is 1. The molecular formula is C21H20BrN3O3. The molecule has 0 fully saturated rings. The SMILES string of the molecule is COc1ccccc1-c1cc[n+](CC(=O)Nc2ccccc2C(C)=O)cn1.[Br-]. The van der Waals surface area contributed by atoms with E-state index < -0.39 is 0 Å². The van der Waals surface area contributed by atoms with Crippen molar-refractivity contribution < 1.29 is 35.9 Å². The van der Waals surface area contributed by atoms with Gasteiger partial charge < -0.3 is 27.0 Å². The second-order valence-electron chi connectivity index (χ2n) is 5.97. The predicted molar refractivity (Wildman–Crippen MR) is 101 cm³/mol. The van der Waals surface area contributed by atoms with Crippen LogP contribution in [0.1, 0.15) is 17.3 Å². The van der Waals surface area contributed by atoms with Crippen LogP contribution in [0.5, 0.6) is 5.75 Å². The summed E-state index contributed by atoms with van der Waals surface area (Å²) in [6.07, 6.45) is 3.38. The topological polar surface area (TPSA) is 72.2 Å². The average molecular weight is 442 g/mol. The number of para-hydroxylation sites is 2. The number of hydrogen-bond donors (Lipinski definition) is 1. The highest BCUT2D eigenvalue weighted by Crippen LogP contribution is 2.27. The number of ether oxygens (including phenoxy) is 1. The van der Waals surface area contributed by atoms with Gasteiger partial charge in [0, 0.05) is 11.6 Å². The number of anilines is 1. The molecule has 7 heteroatoms. The van der Waals surface area contributed by atoms with E-state index >= 15 is 0 Å². The Hall–Kier alpha value is -3.06. The third-order valence-corrected chi connectivity index (χ3v) is 4.06. The van der Waals surface area contributed by atoms with Gasteiger partial charge in [-0.2, -0.15) is 0 Å². The van der Waals surface area contributed by atoms with E-state index in [1.54, 1.807) is 48.5 Å². The van der Waals surface area contributed by atoms with E-state index in [4.69, 9.17) is 4.74 Å². The lowest BCUT2D eigenvalue weighted by Crippen LogP contribution is -3.00. The van der Waals surface area contributed by atoms with Crippen molar-refractivity contribution in [1.82, 2.24) is 4.98 Å². The normalized spacial score (nSPS) is 9.93. The van der Waals surface area contributed by atoms with Crippen molar-refractivity contribution in [2.45, 2.75) is 13.5 Å². The molecule has 6 nitrogen and oxygen atoms in total. The molecule has 0 aliphatic rings. The summed E-state index contributed by atoms with van der Waals surface area (Å²) in [5.74, 6) is 0.406. The molecule has 0 aliphatic carbocycles. The number of carbonyl (C=O) groups excluding carboxylic acids is 2. The minimum atomic E-state index is -0.236.